The average molecular weight is 248 g/mol. The van der Waals surface area contributed by atoms with E-state index in [9.17, 15) is 0 Å². The predicted octanol–water partition coefficient (Wildman–Crippen LogP) is 3.50. The maximum absolute atomic E-state index is 8.78. The minimum atomic E-state index is -0.659. The molecule has 0 radical (unpaired) electrons. The van der Waals surface area contributed by atoms with E-state index in [0.29, 0.717) is 0 Å². The standard InChI is InChI=1S/C14H20N2S/c1-12-7-3-4-8-13(12)17-10-6-5-9-14(2,16)11-15/h3-4,7-8H,5-6,9-10,16H2,1-2H3. The lowest BCUT2D eigenvalue weighted by Crippen LogP contribution is -2.33. The summed E-state index contributed by atoms with van der Waals surface area (Å²) in [6, 6.07) is 10.6. The van der Waals surface area contributed by atoms with Gasteiger partial charge in [0, 0.05) is 4.90 Å². The number of nitrogens with two attached hydrogens (primary N) is 1. The molecule has 0 amide bonds. The first-order chi connectivity index (χ1) is 8.05. The van der Waals surface area contributed by atoms with Gasteiger partial charge in [-0.15, -0.1) is 11.8 Å². The molecule has 0 saturated heterocycles. The first-order valence-corrected chi connectivity index (χ1v) is 6.92. The summed E-state index contributed by atoms with van der Waals surface area (Å²) < 4.78 is 0. The van der Waals surface area contributed by atoms with Crippen LogP contribution in [0.15, 0.2) is 29.2 Å². The van der Waals surface area contributed by atoms with Crippen molar-refractivity contribution in [3.8, 4) is 6.07 Å². The van der Waals surface area contributed by atoms with Crippen LogP contribution in [-0.4, -0.2) is 11.3 Å². The van der Waals surface area contributed by atoms with E-state index in [0.717, 1.165) is 25.0 Å². The quantitative estimate of drug-likeness (QED) is 0.619. The summed E-state index contributed by atoms with van der Waals surface area (Å²) in [4.78, 5) is 1.35. The Bertz CT molecular complexity index is 393. The maximum atomic E-state index is 8.78. The molecule has 0 aliphatic carbocycles. The lowest BCUT2D eigenvalue weighted by Gasteiger charge is -2.14. The van der Waals surface area contributed by atoms with E-state index in [-0.39, 0.29) is 0 Å². The Morgan fingerprint density at radius 3 is 2.71 bits per heavy atom. The molecular formula is C14H20N2S. The minimum absolute atomic E-state index is 0.659. The zero-order valence-corrected chi connectivity index (χ0v) is 11.4. The van der Waals surface area contributed by atoms with Gasteiger partial charge in [-0.3, -0.25) is 0 Å². The maximum Gasteiger partial charge on any atom is 0.101 e. The van der Waals surface area contributed by atoms with E-state index in [1.165, 1.54) is 10.5 Å². The van der Waals surface area contributed by atoms with Gasteiger partial charge in [0.15, 0.2) is 0 Å². The molecular weight excluding hydrogens is 228 g/mol. The summed E-state index contributed by atoms with van der Waals surface area (Å²) >= 11 is 1.88. The Morgan fingerprint density at radius 2 is 2.06 bits per heavy atom. The van der Waals surface area contributed by atoms with Gasteiger partial charge < -0.3 is 5.73 Å². The van der Waals surface area contributed by atoms with Gasteiger partial charge in [-0.2, -0.15) is 5.26 Å². The Balaban J connectivity index is 2.22. The number of unbranched alkanes of at least 4 members (excludes halogenated alkanes) is 1. The van der Waals surface area contributed by atoms with Crippen LogP contribution in [0.25, 0.3) is 0 Å². The summed E-state index contributed by atoms with van der Waals surface area (Å²) in [5.74, 6) is 1.09. The summed E-state index contributed by atoms with van der Waals surface area (Å²) in [7, 11) is 0. The topological polar surface area (TPSA) is 49.8 Å². The highest BCUT2D eigenvalue weighted by molar-refractivity contribution is 7.99. The lowest BCUT2D eigenvalue weighted by atomic mass is 9.99. The van der Waals surface area contributed by atoms with Gasteiger partial charge in [-0.25, -0.2) is 0 Å². The van der Waals surface area contributed by atoms with Gasteiger partial charge >= 0.3 is 0 Å². The Kier molecular flexibility index (Phi) is 5.54. The molecule has 0 fully saturated rings. The highest BCUT2D eigenvalue weighted by Gasteiger charge is 2.15. The fraction of sp³-hybridized carbons (Fsp3) is 0.500. The molecule has 0 heterocycles. The van der Waals surface area contributed by atoms with Crippen LogP contribution in [-0.2, 0) is 0 Å². The number of nitriles is 1. The molecule has 2 N–H and O–H groups in total. The van der Waals surface area contributed by atoms with E-state index in [1.807, 2.05) is 11.8 Å². The third-order valence-corrected chi connectivity index (χ3v) is 3.96. The fourth-order valence-corrected chi connectivity index (χ4v) is 2.59. The number of benzene rings is 1. The molecule has 1 atom stereocenters. The van der Waals surface area contributed by atoms with E-state index < -0.39 is 5.54 Å². The average Bonchev–Trinajstić information content (AvgIpc) is 2.31. The monoisotopic (exact) mass is 248 g/mol. The number of nitrogens with zero attached hydrogens (tertiary/aromatic N) is 1. The molecule has 1 aromatic carbocycles. The summed E-state index contributed by atoms with van der Waals surface area (Å²) in [5.41, 5.74) is 6.44. The molecule has 1 unspecified atom stereocenters. The molecule has 0 spiro atoms. The zero-order chi connectivity index (χ0) is 12.7. The highest BCUT2D eigenvalue weighted by atomic mass is 32.2. The molecule has 0 bridgehead atoms. The molecule has 1 aromatic rings. The molecule has 2 nitrogen and oxygen atoms in total. The number of hydrogen-bond donors (Lipinski definition) is 1. The van der Waals surface area contributed by atoms with Crippen LogP contribution in [0, 0.1) is 18.3 Å². The molecule has 0 saturated carbocycles. The van der Waals surface area contributed by atoms with Gasteiger partial charge in [-0.1, -0.05) is 18.2 Å². The van der Waals surface area contributed by atoms with Crippen LogP contribution < -0.4 is 5.73 Å². The molecule has 92 valence electrons. The molecule has 0 aliphatic rings. The lowest BCUT2D eigenvalue weighted by molar-refractivity contribution is 0.519. The second kappa shape index (κ2) is 6.68. The van der Waals surface area contributed by atoms with Gasteiger partial charge in [0.2, 0.25) is 0 Å². The van der Waals surface area contributed by atoms with Crippen LogP contribution in [0.1, 0.15) is 31.7 Å². The largest absolute Gasteiger partial charge is 0.314 e. The van der Waals surface area contributed by atoms with Crippen LogP contribution in [0.2, 0.25) is 0 Å². The first kappa shape index (κ1) is 14.1. The smallest absolute Gasteiger partial charge is 0.101 e. The Labute approximate surface area is 108 Å². The van der Waals surface area contributed by atoms with Crippen molar-refractivity contribution in [2.45, 2.75) is 43.5 Å². The minimum Gasteiger partial charge on any atom is -0.314 e. The van der Waals surface area contributed by atoms with E-state index in [4.69, 9.17) is 11.0 Å². The molecule has 1 rings (SSSR count). The molecule has 0 aliphatic heterocycles. The Morgan fingerprint density at radius 1 is 1.35 bits per heavy atom. The second-order valence-corrected chi connectivity index (χ2v) is 5.74. The van der Waals surface area contributed by atoms with Crippen molar-refractivity contribution in [2.24, 2.45) is 5.73 Å². The number of hydrogen-bond acceptors (Lipinski definition) is 3. The summed E-state index contributed by atoms with van der Waals surface area (Å²) in [6.07, 6.45) is 2.89. The summed E-state index contributed by atoms with van der Waals surface area (Å²) in [5, 5.41) is 8.78. The van der Waals surface area contributed by atoms with Crippen molar-refractivity contribution in [3.63, 3.8) is 0 Å². The highest BCUT2D eigenvalue weighted by Crippen LogP contribution is 2.23. The zero-order valence-electron chi connectivity index (χ0n) is 10.6. The number of aryl methyl sites for hydroxylation is 1. The molecule has 17 heavy (non-hydrogen) atoms. The van der Waals surface area contributed by atoms with Crippen molar-refractivity contribution in [1.82, 2.24) is 0 Å². The normalized spacial score (nSPS) is 14.0. The fourth-order valence-electron chi connectivity index (χ4n) is 1.55. The Hall–Kier alpha value is -0.980. The third kappa shape index (κ3) is 5.25. The van der Waals surface area contributed by atoms with Gasteiger partial charge in [0.25, 0.3) is 0 Å². The van der Waals surface area contributed by atoms with Crippen molar-refractivity contribution >= 4 is 11.8 Å². The molecule has 0 aromatic heterocycles. The van der Waals surface area contributed by atoms with E-state index in [2.05, 4.69) is 37.3 Å². The van der Waals surface area contributed by atoms with E-state index >= 15 is 0 Å². The second-order valence-electron chi connectivity index (χ2n) is 4.60. The van der Waals surface area contributed by atoms with Crippen LogP contribution in [0.3, 0.4) is 0 Å². The van der Waals surface area contributed by atoms with Crippen molar-refractivity contribution in [3.05, 3.63) is 29.8 Å². The number of rotatable bonds is 6. The van der Waals surface area contributed by atoms with Crippen LogP contribution >= 0.6 is 11.8 Å². The van der Waals surface area contributed by atoms with E-state index in [1.54, 1.807) is 6.92 Å². The van der Waals surface area contributed by atoms with Crippen molar-refractivity contribution < 1.29 is 0 Å². The van der Waals surface area contributed by atoms with Gasteiger partial charge in [0.05, 0.1) is 6.07 Å². The van der Waals surface area contributed by atoms with Crippen molar-refractivity contribution in [1.29, 1.82) is 5.26 Å². The first-order valence-electron chi connectivity index (χ1n) is 5.94. The third-order valence-electron chi connectivity index (χ3n) is 2.70. The molecule has 3 heteroatoms. The SMILES string of the molecule is Cc1ccccc1SCCCCC(C)(N)C#N. The van der Waals surface area contributed by atoms with Crippen LogP contribution in [0.5, 0.6) is 0 Å². The van der Waals surface area contributed by atoms with Gasteiger partial charge in [-0.05, 0) is 50.5 Å². The number of thioether (sulfide) groups is 1. The van der Waals surface area contributed by atoms with Gasteiger partial charge in [0.1, 0.15) is 5.54 Å². The van der Waals surface area contributed by atoms with Crippen molar-refractivity contribution in [2.75, 3.05) is 5.75 Å². The van der Waals surface area contributed by atoms with Crippen LogP contribution in [0.4, 0.5) is 0 Å². The summed E-state index contributed by atoms with van der Waals surface area (Å²) in [6.45, 7) is 3.93. The predicted molar refractivity (Wildman–Crippen MR) is 74.0 cm³/mol.